The summed E-state index contributed by atoms with van der Waals surface area (Å²) >= 11 is 0. The fraction of sp³-hybridized carbons (Fsp3) is 0.0909. The van der Waals surface area contributed by atoms with E-state index in [-0.39, 0.29) is 0 Å². The lowest BCUT2D eigenvalue weighted by Gasteiger charge is -2.11. The van der Waals surface area contributed by atoms with Gasteiger partial charge < -0.3 is 4.98 Å². The minimum absolute atomic E-state index is 0.445. The molecule has 0 unspecified atom stereocenters. The number of pyridine rings is 3. The Balaban J connectivity index is 1.30. The van der Waals surface area contributed by atoms with Gasteiger partial charge in [-0.05, 0) is 78.4 Å². The molecule has 4 heterocycles. The molecule has 6 rings (SSSR count). The van der Waals surface area contributed by atoms with Crippen LogP contribution in [-0.2, 0) is 12.8 Å². The Morgan fingerprint density at radius 2 is 1.61 bits per heavy atom. The Kier molecular flexibility index (Phi) is 6.32. The molecular formula is C33H27N5. The fourth-order valence-corrected chi connectivity index (χ4v) is 4.83. The monoisotopic (exact) mass is 493 g/mol. The predicted molar refractivity (Wildman–Crippen MR) is 154 cm³/mol. The van der Waals surface area contributed by atoms with Gasteiger partial charge in [0.15, 0.2) is 0 Å². The van der Waals surface area contributed by atoms with Gasteiger partial charge in [-0.25, -0.2) is 0 Å². The van der Waals surface area contributed by atoms with E-state index >= 15 is 0 Å². The Labute approximate surface area is 221 Å². The topological polar surface area (TPSA) is 78.3 Å². The fourth-order valence-electron chi connectivity index (χ4n) is 4.83. The molecule has 0 fully saturated rings. The molecule has 2 N–H and O–H groups in total. The highest BCUT2D eigenvalue weighted by Crippen LogP contribution is 2.29. The highest BCUT2D eigenvalue weighted by atomic mass is 14.8. The van der Waals surface area contributed by atoms with Crippen molar-refractivity contribution in [1.29, 1.82) is 5.41 Å². The maximum atomic E-state index is 9.10. The number of aromatic amines is 1. The molecule has 2 aromatic carbocycles. The second kappa shape index (κ2) is 10.2. The Hall–Kier alpha value is -4.90. The number of fused-ring (bicyclic) bond motifs is 1. The molecule has 0 atom stereocenters. The molecule has 0 bridgehead atoms. The van der Waals surface area contributed by atoms with Crippen LogP contribution in [-0.4, -0.2) is 25.6 Å². The second-order valence-corrected chi connectivity index (χ2v) is 9.49. The summed E-state index contributed by atoms with van der Waals surface area (Å²) in [5, 5.41) is 10.1. The van der Waals surface area contributed by atoms with Crippen LogP contribution in [0, 0.1) is 12.3 Å². The van der Waals surface area contributed by atoms with Crippen molar-refractivity contribution in [1.82, 2.24) is 19.9 Å². The van der Waals surface area contributed by atoms with Crippen LogP contribution >= 0.6 is 0 Å². The number of aryl methyl sites for hydroxylation is 3. The average molecular weight is 494 g/mol. The molecule has 6 aromatic rings. The zero-order chi connectivity index (χ0) is 25.9. The zero-order valence-electron chi connectivity index (χ0n) is 21.1. The van der Waals surface area contributed by atoms with Gasteiger partial charge in [-0.2, -0.15) is 0 Å². The molecule has 184 valence electrons. The van der Waals surface area contributed by atoms with Crippen molar-refractivity contribution >= 4 is 16.6 Å². The minimum atomic E-state index is 0.445. The first-order valence-electron chi connectivity index (χ1n) is 12.7. The average Bonchev–Trinajstić information content (AvgIpc) is 3.42. The number of rotatable bonds is 7. The lowest BCUT2D eigenvalue weighted by atomic mass is 9.95. The van der Waals surface area contributed by atoms with E-state index in [0.29, 0.717) is 5.71 Å². The quantitative estimate of drug-likeness (QED) is 0.231. The molecule has 0 saturated heterocycles. The third-order valence-corrected chi connectivity index (χ3v) is 6.91. The summed E-state index contributed by atoms with van der Waals surface area (Å²) in [5.41, 5.74) is 10.3. The Morgan fingerprint density at radius 1 is 0.763 bits per heavy atom. The molecule has 38 heavy (non-hydrogen) atoms. The van der Waals surface area contributed by atoms with Crippen molar-refractivity contribution in [2.45, 2.75) is 19.8 Å². The molecule has 0 spiro atoms. The molecule has 0 amide bonds. The summed E-state index contributed by atoms with van der Waals surface area (Å²) in [6, 6.07) is 28.8. The molecule has 0 aliphatic rings. The van der Waals surface area contributed by atoms with E-state index in [1.54, 1.807) is 12.4 Å². The third kappa shape index (κ3) is 4.74. The van der Waals surface area contributed by atoms with E-state index in [2.05, 4.69) is 68.5 Å². The smallest absolute Gasteiger partial charge is 0.0980 e. The standard InChI is InChI=1S/C33H27N5/c1-22-10-13-25(26-17-24(20-35-21-26)12-11-23-7-3-2-4-8-23)18-27(22)32(34)31-19-28-29(38-31)14-16-37-33(28)30-9-5-6-15-36-30/h2-10,13-21,34,38H,11-12H2,1H3. The van der Waals surface area contributed by atoms with Crippen LogP contribution in [0.2, 0.25) is 0 Å². The molecule has 0 aliphatic carbocycles. The zero-order valence-corrected chi connectivity index (χ0v) is 21.1. The van der Waals surface area contributed by atoms with Gasteiger partial charge in [-0.3, -0.25) is 20.4 Å². The van der Waals surface area contributed by atoms with Gasteiger partial charge in [0.1, 0.15) is 0 Å². The van der Waals surface area contributed by atoms with Gasteiger partial charge in [-0.15, -0.1) is 0 Å². The van der Waals surface area contributed by atoms with Crippen LogP contribution < -0.4 is 0 Å². The van der Waals surface area contributed by atoms with Crippen molar-refractivity contribution in [3.63, 3.8) is 0 Å². The van der Waals surface area contributed by atoms with Crippen LogP contribution in [0.25, 0.3) is 33.4 Å². The van der Waals surface area contributed by atoms with E-state index in [9.17, 15) is 0 Å². The highest BCUT2D eigenvalue weighted by Gasteiger charge is 2.15. The van der Waals surface area contributed by atoms with Crippen LogP contribution in [0.15, 0.2) is 110 Å². The van der Waals surface area contributed by atoms with Gasteiger partial charge >= 0.3 is 0 Å². The van der Waals surface area contributed by atoms with E-state index in [1.807, 2.05) is 55.7 Å². The first-order chi connectivity index (χ1) is 18.7. The van der Waals surface area contributed by atoms with Crippen LogP contribution in [0.1, 0.15) is 27.9 Å². The number of H-pyrrole nitrogens is 1. The number of benzene rings is 2. The number of aromatic nitrogens is 4. The lowest BCUT2D eigenvalue weighted by molar-refractivity contribution is 0.950. The number of hydrogen-bond acceptors (Lipinski definition) is 4. The molecule has 0 radical (unpaired) electrons. The SMILES string of the molecule is Cc1ccc(-c2cncc(CCc3ccccc3)c2)cc1C(=N)c1cc2c(-c3ccccn3)nccc2[nH]1. The van der Waals surface area contributed by atoms with Gasteiger partial charge in [0, 0.05) is 46.8 Å². The number of hydrogen-bond donors (Lipinski definition) is 2. The summed E-state index contributed by atoms with van der Waals surface area (Å²) in [5.74, 6) is 0. The summed E-state index contributed by atoms with van der Waals surface area (Å²) < 4.78 is 0. The summed E-state index contributed by atoms with van der Waals surface area (Å²) in [6.45, 7) is 2.05. The van der Waals surface area contributed by atoms with Crippen molar-refractivity contribution in [3.8, 4) is 22.5 Å². The van der Waals surface area contributed by atoms with E-state index in [0.717, 1.165) is 63.1 Å². The number of nitrogens with one attached hydrogen (secondary N) is 2. The molecule has 4 aromatic heterocycles. The van der Waals surface area contributed by atoms with Crippen LogP contribution in [0.5, 0.6) is 0 Å². The van der Waals surface area contributed by atoms with E-state index < -0.39 is 0 Å². The summed E-state index contributed by atoms with van der Waals surface area (Å²) in [4.78, 5) is 17.0. The van der Waals surface area contributed by atoms with Crippen molar-refractivity contribution in [3.05, 3.63) is 138 Å². The molecule has 0 saturated carbocycles. The minimum Gasteiger partial charge on any atom is -0.353 e. The molecule has 0 aliphatic heterocycles. The number of nitrogens with zero attached hydrogens (tertiary/aromatic N) is 3. The van der Waals surface area contributed by atoms with Crippen molar-refractivity contribution in [2.24, 2.45) is 0 Å². The van der Waals surface area contributed by atoms with Crippen molar-refractivity contribution in [2.75, 3.05) is 0 Å². The van der Waals surface area contributed by atoms with Gasteiger partial charge in [0.2, 0.25) is 0 Å². The molecule has 5 nitrogen and oxygen atoms in total. The largest absolute Gasteiger partial charge is 0.353 e. The highest BCUT2D eigenvalue weighted by molar-refractivity contribution is 6.13. The van der Waals surface area contributed by atoms with Gasteiger partial charge in [0.05, 0.1) is 22.8 Å². The maximum Gasteiger partial charge on any atom is 0.0980 e. The van der Waals surface area contributed by atoms with Crippen molar-refractivity contribution < 1.29 is 0 Å². The first kappa shape index (κ1) is 23.5. The van der Waals surface area contributed by atoms with E-state index in [4.69, 9.17) is 5.41 Å². The summed E-state index contributed by atoms with van der Waals surface area (Å²) in [7, 11) is 0. The molecule has 5 heteroatoms. The van der Waals surface area contributed by atoms with E-state index in [1.165, 1.54) is 11.1 Å². The van der Waals surface area contributed by atoms with Gasteiger partial charge in [0.25, 0.3) is 0 Å². The Bertz CT molecular complexity index is 1740. The Morgan fingerprint density at radius 3 is 2.45 bits per heavy atom. The predicted octanol–water partition coefficient (Wildman–Crippen LogP) is 7.20. The third-order valence-electron chi connectivity index (χ3n) is 6.91. The van der Waals surface area contributed by atoms with Gasteiger partial charge in [-0.1, -0.05) is 48.5 Å². The normalized spacial score (nSPS) is 11.1. The first-order valence-corrected chi connectivity index (χ1v) is 12.7. The van der Waals surface area contributed by atoms with Crippen LogP contribution in [0.4, 0.5) is 0 Å². The maximum absolute atomic E-state index is 9.10. The molecular weight excluding hydrogens is 466 g/mol. The second-order valence-electron chi connectivity index (χ2n) is 9.49. The van der Waals surface area contributed by atoms with Crippen LogP contribution in [0.3, 0.4) is 0 Å². The lowest BCUT2D eigenvalue weighted by Crippen LogP contribution is -2.04. The summed E-state index contributed by atoms with van der Waals surface area (Å²) in [6.07, 6.45) is 9.30.